The van der Waals surface area contributed by atoms with E-state index in [0.717, 1.165) is 16.3 Å². The highest BCUT2D eigenvalue weighted by molar-refractivity contribution is 5.84. The zero-order valence-corrected chi connectivity index (χ0v) is 10.7. The molecule has 2 rings (SSSR count). The van der Waals surface area contributed by atoms with Gasteiger partial charge in [0.1, 0.15) is 5.75 Å². The second-order valence-electron chi connectivity index (χ2n) is 4.87. The molecule has 0 saturated carbocycles. The van der Waals surface area contributed by atoms with Crippen LogP contribution in [0.15, 0.2) is 36.4 Å². The molecule has 0 amide bonds. The van der Waals surface area contributed by atoms with Gasteiger partial charge >= 0.3 is 0 Å². The summed E-state index contributed by atoms with van der Waals surface area (Å²) < 4.78 is 0. The van der Waals surface area contributed by atoms with Crippen LogP contribution in [-0.2, 0) is 0 Å². The zero-order valence-electron chi connectivity index (χ0n) is 10.7. The van der Waals surface area contributed by atoms with Gasteiger partial charge < -0.3 is 15.5 Å². The SMILES string of the molecule is CC(C)NCC(O)c1ccc2ccc(O)cc2c1. The van der Waals surface area contributed by atoms with Crippen molar-refractivity contribution in [1.82, 2.24) is 5.32 Å². The van der Waals surface area contributed by atoms with E-state index in [1.54, 1.807) is 12.1 Å². The van der Waals surface area contributed by atoms with Crippen LogP contribution in [0.25, 0.3) is 10.8 Å². The van der Waals surface area contributed by atoms with Gasteiger partial charge in [0.05, 0.1) is 6.10 Å². The molecular weight excluding hydrogens is 226 g/mol. The molecule has 0 aliphatic rings. The van der Waals surface area contributed by atoms with Crippen molar-refractivity contribution < 1.29 is 10.2 Å². The van der Waals surface area contributed by atoms with Crippen molar-refractivity contribution in [3.05, 3.63) is 42.0 Å². The van der Waals surface area contributed by atoms with E-state index in [1.807, 2.05) is 38.1 Å². The summed E-state index contributed by atoms with van der Waals surface area (Å²) >= 11 is 0. The Bertz CT molecular complexity index is 537. The van der Waals surface area contributed by atoms with Crippen molar-refractivity contribution in [3.8, 4) is 5.75 Å². The van der Waals surface area contributed by atoms with Crippen LogP contribution in [-0.4, -0.2) is 22.8 Å². The molecule has 0 saturated heterocycles. The first kappa shape index (κ1) is 12.9. The van der Waals surface area contributed by atoms with Gasteiger partial charge in [-0.05, 0) is 34.5 Å². The number of hydrogen-bond acceptors (Lipinski definition) is 3. The lowest BCUT2D eigenvalue weighted by molar-refractivity contribution is 0.172. The van der Waals surface area contributed by atoms with E-state index in [4.69, 9.17) is 0 Å². The van der Waals surface area contributed by atoms with Crippen LogP contribution >= 0.6 is 0 Å². The molecule has 1 atom stereocenters. The minimum atomic E-state index is -0.529. The van der Waals surface area contributed by atoms with Crippen LogP contribution in [0.1, 0.15) is 25.5 Å². The van der Waals surface area contributed by atoms with E-state index in [-0.39, 0.29) is 5.75 Å². The van der Waals surface area contributed by atoms with Gasteiger partial charge in [0, 0.05) is 12.6 Å². The molecule has 0 aliphatic carbocycles. The average Bonchev–Trinajstić information content (AvgIpc) is 2.34. The number of phenols is 1. The minimum Gasteiger partial charge on any atom is -0.508 e. The quantitative estimate of drug-likeness (QED) is 0.776. The molecule has 0 fully saturated rings. The Morgan fingerprint density at radius 2 is 1.78 bits per heavy atom. The maximum Gasteiger partial charge on any atom is 0.116 e. The van der Waals surface area contributed by atoms with Crippen LogP contribution < -0.4 is 5.32 Å². The van der Waals surface area contributed by atoms with Gasteiger partial charge in [0.15, 0.2) is 0 Å². The predicted octanol–water partition coefficient (Wildman–Crippen LogP) is 2.58. The van der Waals surface area contributed by atoms with E-state index in [9.17, 15) is 10.2 Å². The molecule has 1 unspecified atom stereocenters. The standard InChI is InChI=1S/C15H19NO2/c1-10(2)16-9-15(18)12-4-3-11-5-6-14(17)8-13(11)7-12/h3-8,10,15-18H,9H2,1-2H3. The maximum atomic E-state index is 10.1. The fourth-order valence-corrected chi connectivity index (χ4v) is 1.93. The Hall–Kier alpha value is -1.58. The molecule has 96 valence electrons. The van der Waals surface area contributed by atoms with Crippen LogP contribution in [0.5, 0.6) is 5.75 Å². The Labute approximate surface area is 107 Å². The van der Waals surface area contributed by atoms with E-state index in [2.05, 4.69) is 5.32 Å². The fourth-order valence-electron chi connectivity index (χ4n) is 1.93. The number of aliphatic hydroxyl groups excluding tert-OH is 1. The summed E-state index contributed by atoms with van der Waals surface area (Å²) in [7, 11) is 0. The number of aliphatic hydroxyl groups is 1. The second-order valence-corrected chi connectivity index (χ2v) is 4.87. The summed E-state index contributed by atoms with van der Waals surface area (Å²) in [6.45, 7) is 4.62. The molecule has 3 heteroatoms. The first-order valence-corrected chi connectivity index (χ1v) is 6.20. The Morgan fingerprint density at radius 3 is 2.50 bits per heavy atom. The van der Waals surface area contributed by atoms with Crippen LogP contribution in [0.4, 0.5) is 0 Å². The number of hydrogen-bond donors (Lipinski definition) is 3. The maximum absolute atomic E-state index is 10.1. The molecule has 0 bridgehead atoms. The summed E-state index contributed by atoms with van der Waals surface area (Å²) in [4.78, 5) is 0. The first-order valence-electron chi connectivity index (χ1n) is 6.20. The number of phenolic OH excluding ortho intramolecular Hbond substituents is 1. The molecule has 2 aromatic rings. The molecule has 0 aliphatic heterocycles. The van der Waals surface area contributed by atoms with E-state index in [1.165, 1.54) is 0 Å². The number of fused-ring (bicyclic) bond motifs is 1. The third kappa shape index (κ3) is 3.00. The molecule has 0 heterocycles. The Kier molecular flexibility index (Phi) is 3.84. The monoisotopic (exact) mass is 245 g/mol. The first-order chi connectivity index (χ1) is 8.56. The molecule has 3 nitrogen and oxygen atoms in total. The van der Waals surface area contributed by atoms with Crippen molar-refractivity contribution in [2.24, 2.45) is 0 Å². The molecule has 18 heavy (non-hydrogen) atoms. The van der Waals surface area contributed by atoms with Crippen LogP contribution in [0, 0.1) is 0 Å². The lowest BCUT2D eigenvalue weighted by Gasteiger charge is -2.15. The Balaban J connectivity index is 2.23. The van der Waals surface area contributed by atoms with E-state index in [0.29, 0.717) is 12.6 Å². The van der Waals surface area contributed by atoms with Gasteiger partial charge in [0.2, 0.25) is 0 Å². The number of nitrogens with one attached hydrogen (secondary N) is 1. The Morgan fingerprint density at radius 1 is 1.06 bits per heavy atom. The van der Waals surface area contributed by atoms with E-state index >= 15 is 0 Å². The number of aromatic hydroxyl groups is 1. The molecule has 0 radical (unpaired) electrons. The lowest BCUT2D eigenvalue weighted by atomic mass is 10.0. The van der Waals surface area contributed by atoms with Gasteiger partial charge in [0.25, 0.3) is 0 Å². The molecule has 3 N–H and O–H groups in total. The van der Waals surface area contributed by atoms with Crippen molar-refractivity contribution >= 4 is 10.8 Å². The predicted molar refractivity (Wildman–Crippen MR) is 73.7 cm³/mol. The highest BCUT2D eigenvalue weighted by Gasteiger charge is 2.08. The van der Waals surface area contributed by atoms with E-state index < -0.39 is 6.10 Å². The van der Waals surface area contributed by atoms with Crippen molar-refractivity contribution in [2.75, 3.05) is 6.54 Å². The molecule has 0 spiro atoms. The van der Waals surface area contributed by atoms with Gasteiger partial charge in [-0.25, -0.2) is 0 Å². The topological polar surface area (TPSA) is 52.5 Å². The highest BCUT2D eigenvalue weighted by Crippen LogP contribution is 2.23. The number of benzene rings is 2. The molecule has 2 aromatic carbocycles. The summed E-state index contributed by atoms with van der Waals surface area (Å²) in [5.74, 6) is 0.245. The van der Waals surface area contributed by atoms with Crippen LogP contribution in [0.3, 0.4) is 0 Å². The molecule has 0 aromatic heterocycles. The molecular formula is C15H19NO2. The highest BCUT2D eigenvalue weighted by atomic mass is 16.3. The second kappa shape index (κ2) is 5.38. The van der Waals surface area contributed by atoms with Gasteiger partial charge in [-0.1, -0.05) is 32.0 Å². The largest absolute Gasteiger partial charge is 0.508 e. The third-order valence-electron chi connectivity index (χ3n) is 2.95. The summed E-state index contributed by atoms with van der Waals surface area (Å²) in [6.07, 6.45) is -0.529. The summed E-state index contributed by atoms with van der Waals surface area (Å²) in [6, 6.07) is 11.4. The normalized spacial score (nSPS) is 13.1. The van der Waals surface area contributed by atoms with Gasteiger partial charge in [-0.15, -0.1) is 0 Å². The lowest BCUT2D eigenvalue weighted by Crippen LogP contribution is -2.27. The average molecular weight is 245 g/mol. The third-order valence-corrected chi connectivity index (χ3v) is 2.95. The minimum absolute atomic E-state index is 0.245. The summed E-state index contributed by atoms with van der Waals surface area (Å²) in [5.41, 5.74) is 0.862. The van der Waals surface area contributed by atoms with Gasteiger partial charge in [-0.2, -0.15) is 0 Å². The zero-order chi connectivity index (χ0) is 13.1. The fraction of sp³-hybridized carbons (Fsp3) is 0.333. The van der Waals surface area contributed by atoms with Crippen LogP contribution in [0.2, 0.25) is 0 Å². The van der Waals surface area contributed by atoms with Crippen molar-refractivity contribution in [1.29, 1.82) is 0 Å². The smallest absolute Gasteiger partial charge is 0.116 e. The summed E-state index contributed by atoms with van der Waals surface area (Å²) in [5, 5.41) is 24.7. The number of rotatable bonds is 4. The van der Waals surface area contributed by atoms with Crippen molar-refractivity contribution in [3.63, 3.8) is 0 Å². The van der Waals surface area contributed by atoms with Crippen molar-refractivity contribution in [2.45, 2.75) is 26.0 Å². The van der Waals surface area contributed by atoms with Gasteiger partial charge in [-0.3, -0.25) is 0 Å².